The number of ketones is 1. The normalized spacial score (nSPS) is 16.9. The monoisotopic (exact) mass is 512 g/mol. The Hall–Kier alpha value is -4.39. The average Bonchev–Trinajstić information content (AvgIpc) is 3.36. The fraction of sp³-hybridized carbons (Fsp3) is 0.226. The molecule has 0 bridgehead atoms. The third-order valence-electron chi connectivity index (χ3n) is 6.93. The van der Waals surface area contributed by atoms with Crippen molar-refractivity contribution in [2.24, 2.45) is 0 Å². The number of carbonyl (C=O) groups is 2. The Labute approximate surface area is 220 Å². The molecule has 0 aliphatic carbocycles. The lowest BCUT2D eigenvalue weighted by molar-refractivity contribution is -0.140. The second-order valence-electron chi connectivity index (χ2n) is 9.59. The summed E-state index contributed by atoms with van der Waals surface area (Å²) in [5, 5.41) is 12.4. The number of nitrogens with zero attached hydrogens (tertiary/aromatic N) is 1. The number of benzene rings is 3. The molecule has 1 aromatic heterocycles. The number of aromatic nitrogens is 1. The molecule has 1 amide bonds. The number of rotatable bonds is 7. The van der Waals surface area contributed by atoms with Gasteiger partial charge >= 0.3 is 0 Å². The predicted molar refractivity (Wildman–Crippen MR) is 144 cm³/mol. The van der Waals surface area contributed by atoms with Crippen LogP contribution in [0.25, 0.3) is 16.7 Å². The molecule has 1 saturated heterocycles. The maximum absolute atomic E-state index is 13.6. The number of aliphatic hydroxyl groups excluding tert-OH is 1. The van der Waals surface area contributed by atoms with E-state index in [-0.39, 0.29) is 23.7 Å². The number of aromatic amines is 1. The van der Waals surface area contributed by atoms with Gasteiger partial charge in [-0.2, -0.15) is 0 Å². The van der Waals surface area contributed by atoms with E-state index in [1.807, 2.05) is 45.0 Å². The Kier molecular flexibility index (Phi) is 6.76. The maximum Gasteiger partial charge on any atom is 0.295 e. The van der Waals surface area contributed by atoms with Crippen molar-refractivity contribution in [2.75, 3.05) is 6.61 Å². The number of halogens is 1. The van der Waals surface area contributed by atoms with Crippen LogP contribution in [0, 0.1) is 19.7 Å². The van der Waals surface area contributed by atoms with E-state index < -0.39 is 17.7 Å². The number of H-pyrrole nitrogens is 1. The number of nitrogens with one attached hydrogen (secondary N) is 1. The highest BCUT2D eigenvalue weighted by Gasteiger charge is 2.47. The summed E-state index contributed by atoms with van der Waals surface area (Å²) in [7, 11) is 0. The van der Waals surface area contributed by atoms with Crippen LogP contribution in [0.5, 0.6) is 5.75 Å². The van der Waals surface area contributed by atoms with Gasteiger partial charge in [0.05, 0.1) is 18.2 Å². The summed E-state index contributed by atoms with van der Waals surface area (Å²) in [6.07, 6.45) is 0.864. The minimum atomic E-state index is -0.840. The summed E-state index contributed by atoms with van der Waals surface area (Å²) in [5.74, 6) is -1.41. The van der Waals surface area contributed by atoms with Gasteiger partial charge < -0.3 is 19.7 Å². The summed E-state index contributed by atoms with van der Waals surface area (Å²) in [4.78, 5) is 31.8. The molecule has 1 aliphatic rings. The summed E-state index contributed by atoms with van der Waals surface area (Å²) in [6.45, 7) is 6.43. The van der Waals surface area contributed by atoms with Gasteiger partial charge in [0.1, 0.15) is 17.3 Å². The van der Waals surface area contributed by atoms with Gasteiger partial charge in [-0.25, -0.2) is 4.39 Å². The van der Waals surface area contributed by atoms with Crippen LogP contribution in [0.3, 0.4) is 0 Å². The van der Waals surface area contributed by atoms with Gasteiger partial charge in [0.2, 0.25) is 0 Å². The molecule has 38 heavy (non-hydrogen) atoms. The quantitative estimate of drug-likeness (QED) is 0.172. The molecule has 2 heterocycles. The molecular formula is C31H29FN2O4. The number of carbonyl (C=O) groups excluding carboxylic acids is 2. The standard InChI is InChI=1S/C31H29FN2O4/c1-4-15-38-25-14-11-21(16-18(25)2)29(35)27-28(26-19(3)33-24-8-6-5-7-23(24)26)34(31(37)30(27)36)17-20-9-12-22(32)13-10-20/h5-14,16,28,33,35H,4,15,17H2,1-3H3/b29-27+. The van der Waals surface area contributed by atoms with Crippen molar-refractivity contribution >= 4 is 28.4 Å². The highest BCUT2D eigenvalue weighted by molar-refractivity contribution is 6.46. The molecule has 2 N–H and O–H groups in total. The SMILES string of the molecule is CCCOc1ccc(/C(O)=C2\C(=O)C(=O)N(Cc3ccc(F)cc3)C2c2c(C)[nH]c3ccccc23)cc1C. The van der Waals surface area contributed by atoms with E-state index in [4.69, 9.17) is 4.74 Å². The second-order valence-corrected chi connectivity index (χ2v) is 9.59. The van der Waals surface area contributed by atoms with Gasteiger partial charge in [-0.1, -0.05) is 37.3 Å². The zero-order valence-corrected chi connectivity index (χ0v) is 21.5. The van der Waals surface area contributed by atoms with Gasteiger partial charge in [0.15, 0.2) is 0 Å². The number of hydrogen-bond acceptors (Lipinski definition) is 4. The molecule has 0 spiro atoms. The van der Waals surface area contributed by atoms with E-state index in [0.29, 0.717) is 23.5 Å². The van der Waals surface area contributed by atoms with E-state index in [0.717, 1.165) is 34.1 Å². The Balaban J connectivity index is 1.68. The molecule has 1 unspecified atom stereocenters. The maximum atomic E-state index is 13.6. The molecule has 4 aromatic rings. The van der Waals surface area contributed by atoms with E-state index in [2.05, 4.69) is 4.98 Å². The minimum absolute atomic E-state index is 0.0200. The van der Waals surface area contributed by atoms with E-state index >= 15 is 0 Å². The molecule has 6 nitrogen and oxygen atoms in total. The average molecular weight is 513 g/mol. The van der Waals surface area contributed by atoms with E-state index in [1.54, 1.807) is 30.3 Å². The highest BCUT2D eigenvalue weighted by atomic mass is 19.1. The van der Waals surface area contributed by atoms with Crippen LogP contribution in [0.1, 0.15) is 47.3 Å². The molecule has 3 aromatic carbocycles. The smallest absolute Gasteiger partial charge is 0.295 e. The van der Waals surface area contributed by atoms with Crippen molar-refractivity contribution in [1.82, 2.24) is 9.88 Å². The van der Waals surface area contributed by atoms with Gasteiger partial charge in [-0.05, 0) is 67.8 Å². The highest BCUT2D eigenvalue weighted by Crippen LogP contribution is 2.44. The van der Waals surface area contributed by atoms with Crippen molar-refractivity contribution in [1.29, 1.82) is 0 Å². The number of aliphatic hydroxyl groups is 1. The van der Waals surface area contributed by atoms with Crippen LogP contribution in [-0.2, 0) is 16.1 Å². The summed E-state index contributed by atoms with van der Waals surface area (Å²) in [5.41, 5.74) is 4.31. The fourth-order valence-corrected chi connectivity index (χ4v) is 5.11. The first-order chi connectivity index (χ1) is 18.3. The molecule has 1 aliphatic heterocycles. The fourth-order valence-electron chi connectivity index (χ4n) is 5.11. The number of fused-ring (bicyclic) bond motifs is 1. The third-order valence-corrected chi connectivity index (χ3v) is 6.93. The van der Waals surface area contributed by atoms with Crippen molar-refractivity contribution < 1.29 is 23.8 Å². The minimum Gasteiger partial charge on any atom is -0.507 e. The Morgan fingerprint density at radius 1 is 1.05 bits per heavy atom. The van der Waals surface area contributed by atoms with Crippen molar-refractivity contribution in [2.45, 2.75) is 39.8 Å². The first-order valence-electron chi connectivity index (χ1n) is 12.6. The van der Waals surface area contributed by atoms with Gasteiger partial charge in [-0.3, -0.25) is 9.59 Å². The molecule has 194 valence electrons. The van der Waals surface area contributed by atoms with Crippen LogP contribution in [0.15, 0.2) is 72.3 Å². The Morgan fingerprint density at radius 3 is 2.50 bits per heavy atom. The summed E-state index contributed by atoms with van der Waals surface area (Å²) in [6, 6.07) is 17.9. The number of ether oxygens (including phenoxy) is 1. The Morgan fingerprint density at radius 2 is 1.79 bits per heavy atom. The van der Waals surface area contributed by atoms with Gasteiger partial charge in [0.25, 0.3) is 11.7 Å². The van der Waals surface area contributed by atoms with E-state index in [9.17, 15) is 19.1 Å². The lowest BCUT2D eigenvalue weighted by atomic mass is 9.93. The van der Waals surface area contributed by atoms with Crippen LogP contribution < -0.4 is 4.74 Å². The number of aryl methyl sites for hydroxylation is 2. The zero-order valence-electron chi connectivity index (χ0n) is 21.5. The van der Waals surface area contributed by atoms with Crippen LogP contribution in [0.4, 0.5) is 4.39 Å². The number of amides is 1. The predicted octanol–water partition coefficient (Wildman–Crippen LogP) is 6.33. The summed E-state index contributed by atoms with van der Waals surface area (Å²) >= 11 is 0. The van der Waals surface area contributed by atoms with Crippen LogP contribution in [0.2, 0.25) is 0 Å². The first-order valence-corrected chi connectivity index (χ1v) is 12.6. The zero-order chi connectivity index (χ0) is 27.0. The Bertz CT molecular complexity index is 1570. The molecule has 1 fully saturated rings. The molecule has 1 atom stereocenters. The van der Waals surface area contributed by atoms with Crippen LogP contribution in [-0.4, -0.2) is 33.3 Å². The first kappa shape index (κ1) is 25.3. The lowest BCUT2D eigenvalue weighted by Crippen LogP contribution is -2.29. The number of para-hydroxylation sites is 1. The summed E-state index contributed by atoms with van der Waals surface area (Å²) < 4.78 is 19.3. The van der Waals surface area contributed by atoms with Gasteiger partial charge in [-0.15, -0.1) is 0 Å². The molecular weight excluding hydrogens is 483 g/mol. The molecule has 0 radical (unpaired) electrons. The van der Waals surface area contributed by atoms with Crippen LogP contribution >= 0.6 is 0 Å². The lowest BCUT2D eigenvalue weighted by Gasteiger charge is -2.26. The number of hydrogen-bond donors (Lipinski definition) is 2. The third kappa shape index (κ3) is 4.45. The number of likely N-dealkylation sites (tertiary alicyclic amines) is 1. The van der Waals surface area contributed by atoms with Gasteiger partial charge in [0, 0.05) is 34.3 Å². The second kappa shape index (κ2) is 10.2. The number of Topliss-reactive ketones (excluding diaryl/α,β-unsaturated/α-hetero) is 1. The van der Waals surface area contributed by atoms with Crippen molar-refractivity contribution in [3.8, 4) is 5.75 Å². The largest absolute Gasteiger partial charge is 0.507 e. The van der Waals surface area contributed by atoms with Crippen molar-refractivity contribution in [3.63, 3.8) is 0 Å². The molecule has 7 heteroatoms. The molecule has 5 rings (SSSR count). The van der Waals surface area contributed by atoms with Crippen molar-refractivity contribution in [3.05, 3.63) is 106 Å². The topological polar surface area (TPSA) is 82.6 Å². The molecule has 0 saturated carbocycles. The van der Waals surface area contributed by atoms with E-state index in [1.165, 1.54) is 17.0 Å².